The van der Waals surface area contributed by atoms with E-state index in [0.29, 0.717) is 37.5 Å². The molecule has 200 valence electrons. The second kappa shape index (κ2) is 12.2. The van der Waals surface area contributed by atoms with Gasteiger partial charge in [-0.05, 0) is 37.9 Å². The van der Waals surface area contributed by atoms with Gasteiger partial charge in [-0.2, -0.15) is 4.98 Å². The van der Waals surface area contributed by atoms with E-state index < -0.39 is 0 Å². The van der Waals surface area contributed by atoms with E-state index in [9.17, 15) is 4.79 Å². The molecule has 0 spiro atoms. The van der Waals surface area contributed by atoms with E-state index in [0.717, 1.165) is 61.4 Å². The molecule has 1 aliphatic heterocycles. The standard InChI is InChI=1S/C26H39N9O2/c1-5-7-21(8-6-2)37-26-31-23(27)25-30-16-20(35(25)32-26)14-19-13-18(3)24(29-15-19)34-11-9-33(10-12-34)22(36)17-28-4/h13,15-16,21,28H,5-12,14,17H2,1-4H3,(H2,27,31,32). The predicted octanol–water partition coefficient (Wildman–Crippen LogP) is 2.22. The Morgan fingerprint density at radius 3 is 2.51 bits per heavy atom. The molecule has 37 heavy (non-hydrogen) atoms. The number of carbonyl (C=O) groups excluding carboxylic acids is 1. The summed E-state index contributed by atoms with van der Waals surface area (Å²) in [5, 5.41) is 7.55. The van der Waals surface area contributed by atoms with Crippen LogP contribution < -0.4 is 20.7 Å². The number of hydrogen-bond acceptors (Lipinski definition) is 9. The molecule has 1 saturated heterocycles. The Morgan fingerprint density at radius 1 is 1.14 bits per heavy atom. The minimum Gasteiger partial charge on any atom is -0.459 e. The molecule has 0 unspecified atom stereocenters. The van der Waals surface area contributed by atoms with Crippen molar-refractivity contribution < 1.29 is 9.53 Å². The van der Waals surface area contributed by atoms with Crippen LogP contribution in [0.4, 0.5) is 11.6 Å². The lowest BCUT2D eigenvalue weighted by atomic mass is 10.1. The van der Waals surface area contributed by atoms with Gasteiger partial charge in [0.05, 0.1) is 18.4 Å². The number of ether oxygens (including phenoxy) is 1. The number of likely N-dealkylation sites (N-methyl/N-ethyl adjacent to an activating group) is 1. The summed E-state index contributed by atoms with van der Waals surface area (Å²) < 4.78 is 7.83. The summed E-state index contributed by atoms with van der Waals surface area (Å²) in [5.41, 5.74) is 9.77. The van der Waals surface area contributed by atoms with Crippen molar-refractivity contribution in [3.05, 3.63) is 35.3 Å². The third-order valence-corrected chi connectivity index (χ3v) is 6.69. The molecular formula is C26H39N9O2. The summed E-state index contributed by atoms with van der Waals surface area (Å²) >= 11 is 0. The topological polar surface area (TPSA) is 127 Å². The van der Waals surface area contributed by atoms with Gasteiger partial charge in [0, 0.05) is 38.8 Å². The number of fused-ring (bicyclic) bond motifs is 1. The largest absolute Gasteiger partial charge is 0.459 e. The van der Waals surface area contributed by atoms with E-state index in [1.807, 2.05) is 11.1 Å². The van der Waals surface area contributed by atoms with E-state index in [2.05, 4.69) is 52.1 Å². The molecule has 11 nitrogen and oxygen atoms in total. The first-order valence-electron chi connectivity index (χ1n) is 13.2. The minimum absolute atomic E-state index is 0.0708. The van der Waals surface area contributed by atoms with Crippen molar-refractivity contribution in [2.24, 2.45) is 0 Å². The predicted molar refractivity (Wildman–Crippen MR) is 144 cm³/mol. The minimum atomic E-state index is 0.0708. The average molecular weight is 510 g/mol. The number of nitrogens with one attached hydrogen (secondary N) is 1. The maximum absolute atomic E-state index is 12.1. The Labute approximate surface area is 218 Å². The van der Waals surface area contributed by atoms with Gasteiger partial charge in [0.15, 0.2) is 11.5 Å². The van der Waals surface area contributed by atoms with Crippen molar-refractivity contribution in [3.63, 3.8) is 0 Å². The highest BCUT2D eigenvalue weighted by Gasteiger charge is 2.23. The molecule has 1 fully saturated rings. The summed E-state index contributed by atoms with van der Waals surface area (Å²) in [7, 11) is 1.79. The van der Waals surface area contributed by atoms with Crippen LogP contribution in [0, 0.1) is 6.92 Å². The number of rotatable bonds is 11. The Kier molecular flexibility index (Phi) is 8.75. The molecule has 4 rings (SSSR count). The summed E-state index contributed by atoms with van der Waals surface area (Å²) in [6, 6.07) is 2.44. The summed E-state index contributed by atoms with van der Waals surface area (Å²) in [4.78, 5) is 29.9. The van der Waals surface area contributed by atoms with Crippen molar-refractivity contribution in [3.8, 4) is 6.01 Å². The quantitative estimate of drug-likeness (QED) is 0.400. The Hall–Kier alpha value is -3.47. The molecule has 1 amide bonds. The smallest absolute Gasteiger partial charge is 0.336 e. The van der Waals surface area contributed by atoms with E-state index >= 15 is 0 Å². The molecule has 0 aliphatic carbocycles. The van der Waals surface area contributed by atoms with Gasteiger partial charge < -0.3 is 25.6 Å². The van der Waals surface area contributed by atoms with Crippen molar-refractivity contribution in [2.75, 3.05) is 50.4 Å². The van der Waals surface area contributed by atoms with E-state index in [1.54, 1.807) is 17.8 Å². The number of nitrogens with two attached hydrogens (primary N) is 1. The van der Waals surface area contributed by atoms with Crippen LogP contribution in [0.2, 0.25) is 0 Å². The number of nitrogens with zero attached hydrogens (tertiary/aromatic N) is 7. The fraction of sp³-hybridized carbons (Fsp3) is 0.577. The van der Waals surface area contributed by atoms with Crippen LogP contribution in [-0.4, -0.2) is 81.2 Å². The SMILES string of the molecule is CCCC(CCC)Oc1nc(N)c2ncc(Cc3cnc(N4CCN(C(=O)CNC)CC4)c(C)c3)n2n1. The van der Waals surface area contributed by atoms with Crippen molar-refractivity contribution >= 4 is 23.2 Å². The number of hydrogen-bond donors (Lipinski definition) is 2. The van der Waals surface area contributed by atoms with Crippen LogP contribution in [-0.2, 0) is 11.2 Å². The van der Waals surface area contributed by atoms with Crippen LogP contribution >= 0.6 is 0 Å². The zero-order chi connectivity index (χ0) is 26.4. The Bertz CT molecular complexity index is 1200. The molecule has 0 aromatic carbocycles. The van der Waals surface area contributed by atoms with Crippen LogP contribution in [0.25, 0.3) is 5.65 Å². The van der Waals surface area contributed by atoms with Crippen LogP contribution in [0.1, 0.15) is 56.4 Å². The van der Waals surface area contributed by atoms with Gasteiger partial charge in [0.2, 0.25) is 5.91 Å². The number of aromatic nitrogens is 5. The average Bonchev–Trinajstić information content (AvgIpc) is 3.28. The molecule has 3 aromatic rings. The Morgan fingerprint density at radius 2 is 1.86 bits per heavy atom. The summed E-state index contributed by atoms with van der Waals surface area (Å²) in [6.07, 6.45) is 8.32. The number of aryl methyl sites for hydroxylation is 1. The molecule has 0 bridgehead atoms. The third kappa shape index (κ3) is 6.27. The fourth-order valence-corrected chi connectivity index (χ4v) is 4.85. The number of nitrogen functional groups attached to an aromatic ring is 1. The van der Waals surface area contributed by atoms with Crippen LogP contribution in [0.15, 0.2) is 18.5 Å². The lowest BCUT2D eigenvalue weighted by Crippen LogP contribution is -2.51. The lowest BCUT2D eigenvalue weighted by Gasteiger charge is -2.36. The van der Waals surface area contributed by atoms with E-state index in [4.69, 9.17) is 15.5 Å². The first kappa shape index (κ1) is 26.6. The molecule has 11 heteroatoms. The normalized spacial score (nSPS) is 14.1. The van der Waals surface area contributed by atoms with Gasteiger partial charge in [-0.1, -0.05) is 32.8 Å². The molecule has 0 saturated carbocycles. The van der Waals surface area contributed by atoms with Gasteiger partial charge >= 0.3 is 6.01 Å². The summed E-state index contributed by atoms with van der Waals surface area (Å²) in [5.74, 6) is 1.40. The second-order valence-corrected chi connectivity index (χ2v) is 9.64. The third-order valence-electron chi connectivity index (χ3n) is 6.69. The second-order valence-electron chi connectivity index (χ2n) is 9.64. The van der Waals surface area contributed by atoms with Crippen LogP contribution in [0.3, 0.4) is 0 Å². The van der Waals surface area contributed by atoms with E-state index in [1.165, 1.54) is 0 Å². The molecule has 3 aromatic heterocycles. The van der Waals surface area contributed by atoms with E-state index in [-0.39, 0.29) is 18.0 Å². The first-order chi connectivity index (χ1) is 17.9. The zero-order valence-corrected chi connectivity index (χ0v) is 22.4. The maximum Gasteiger partial charge on any atom is 0.336 e. The van der Waals surface area contributed by atoms with Gasteiger partial charge in [-0.15, -0.1) is 5.10 Å². The van der Waals surface area contributed by atoms with Crippen LogP contribution in [0.5, 0.6) is 6.01 Å². The highest BCUT2D eigenvalue weighted by molar-refractivity contribution is 5.78. The molecule has 0 radical (unpaired) electrons. The monoisotopic (exact) mass is 509 g/mol. The number of imidazole rings is 1. The number of anilines is 2. The van der Waals surface area contributed by atoms with Crippen molar-refractivity contribution in [1.29, 1.82) is 0 Å². The highest BCUT2D eigenvalue weighted by atomic mass is 16.5. The molecular weight excluding hydrogens is 470 g/mol. The number of amides is 1. The number of carbonyl (C=O) groups is 1. The van der Waals surface area contributed by atoms with Crippen molar-refractivity contribution in [2.45, 2.75) is 59.0 Å². The van der Waals surface area contributed by atoms with Gasteiger partial charge in [0.25, 0.3) is 0 Å². The highest BCUT2D eigenvalue weighted by Crippen LogP contribution is 2.23. The van der Waals surface area contributed by atoms with Gasteiger partial charge in [-0.3, -0.25) is 4.79 Å². The molecule has 1 aliphatic rings. The number of piperazine rings is 1. The fourth-order valence-electron chi connectivity index (χ4n) is 4.85. The van der Waals surface area contributed by atoms with Gasteiger partial charge in [-0.25, -0.2) is 14.5 Å². The summed E-state index contributed by atoms with van der Waals surface area (Å²) in [6.45, 7) is 9.68. The Balaban J connectivity index is 1.48. The van der Waals surface area contributed by atoms with Crippen molar-refractivity contribution in [1.82, 2.24) is 34.8 Å². The number of pyridine rings is 1. The maximum atomic E-state index is 12.1. The lowest BCUT2D eigenvalue weighted by molar-refractivity contribution is -0.130. The van der Waals surface area contributed by atoms with Gasteiger partial charge in [0.1, 0.15) is 11.9 Å². The molecule has 0 atom stereocenters. The first-order valence-corrected chi connectivity index (χ1v) is 13.2. The zero-order valence-electron chi connectivity index (χ0n) is 22.4. The molecule has 4 heterocycles. The molecule has 3 N–H and O–H groups in total.